The van der Waals surface area contributed by atoms with Crippen molar-refractivity contribution in [1.29, 1.82) is 0 Å². The van der Waals surface area contributed by atoms with Crippen molar-refractivity contribution >= 4 is 27.3 Å². The van der Waals surface area contributed by atoms with Crippen LogP contribution in [0.3, 0.4) is 0 Å². The molecule has 0 N–H and O–H groups in total. The first-order valence-corrected chi connectivity index (χ1v) is 6.37. The summed E-state index contributed by atoms with van der Waals surface area (Å²) >= 11 is 5.02. The van der Waals surface area contributed by atoms with Gasteiger partial charge in [0.05, 0.1) is 6.61 Å². The fraction of sp³-hybridized carbons (Fsp3) is 0.182. The highest BCUT2D eigenvalue weighted by Crippen LogP contribution is 2.32. The fourth-order valence-electron chi connectivity index (χ4n) is 1.71. The van der Waals surface area contributed by atoms with Gasteiger partial charge in [0.15, 0.2) is 0 Å². The van der Waals surface area contributed by atoms with E-state index in [1.807, 2.05) is 11.4 Å². The van der Waals surface area contributed by atoms with E-state index in [0.717, 1.165) is 28.4 Å². The Balaban J connectivity index is 2.06. The molecular weight excluding hydrogens is 274 g/mol. The van der Waals surface area contributed by atoms with E-state index >= 15 is 0 Å². The van der Waals surface area contributed by atoms with E-state index in [1.165, 1.54) is 11.1 Å². The summed E-state index contributed by atoms with van der Waals surface area (Å²) in [6.07, 6.45) is 1.01. The molecule has 1 aromatic heterocycles. The Morgan fingerprint density at radius 3 is 3.13 bits per heavy atom. The average Bonchev–Trinajstić information content (AvgIpc) is 2.84. The lowest BCUT2D eigenvalue weighted by Crippen LogP contribution is -1.85. The number of ether oxygens (including phenoxy) is 1. The number of benzene rings is 1. The number of hydrogen-bond donors (Lipinski definition) is 0. The van der Waals surface area contributed by atoms with E-state index in [2.05, 4.69) is 33.0 Å². The molecule has 1 aromatic carbocycles. The third-order valence-corrected chi connectivity index (χ3v) is 4.01. The second-order valence-corrected chi connectivity index (χ2v) is 5.07. The summed E-state index contributed by atoms with van der Waals surface area (Å²) in [5.41, 5.74) is 2.47. The molecule has 15 heavy (non-hydrogen) atoms. The summed E-state index contributed by atoms with van der Waals surface area (Å²) in [7, 11) is 0. The maximum absolute atomic E-state index is 5.47. The normalized spacial score (nSPS) is 13.7. The molecule has 0 saturated carbocycles. The molecule has 2 nitrogen and oxygen atoms in total. The van der Waals surface area contributed by atoms with E-state index in [4.69, 9.17) is 4.74 Å². The Kier molecular flexibility index (Phi) is 2.25. The molecule has 0 saturated heterocycles. The van der Waals surface area contributed by atoms with Crippen molar-refractivity contribution in [2.45, 2.75) is 6.42 Å². The highest BCUT2D eigenvalue weighted by atomic mass is 79.9. The zero-order valence-corrected chi connectivity index (χ0v) is 10.3. The topological polar surface area (TPSA) is 22.1 Å². The van der Waals surface area contributed by atoms with Gasteiger partial charge >= 0.3 is 0 Å². The molecule has 0 amide bonds. The quantitative estimate of drug-likeness (QED) is 0.798. The number of rotatable bonds is 1. The van der Waals surface area contributed by atoms with Crippen LogP contribution in [0.1, 0.15) is 5.56 Å². The van der Waals surface area contributed by atoms with Crippen LogP contribution < -0.4 is 4.74 Å². The smallest absolute Gasteiger partial charge is 0.124 e. The van der Waals surface area contributed by atoms with E-state index in [-0.39, 0.29) is 0 Å². The second kappa shape index (κ2) is 3.61. The molecule has 3 rings (SSSR count). The molecule has 2 aromatic rings. The molecular formula is C11H8BrNOS. The van der Waals surface area contributed by atoms with Gasteiger partial charge in [0.2, 0.25) is 0 Å². The van der Waals surface area contributed by atoms with Crippen molar-refractivity contribution in [1.82, 2.24) is 4.98 Å². The highest BCUT2D eigenvalue weighted by molar-refractivity contribution is 9.10. The second-order valence-electron chi connectivity index (χ2n) is 3.40. The number of hydrogen-bond acceptors (Lipinski definition) is 3. The Bertz CT molecular complexity index is 509. The Hall–Kier alpha value is -0.870. The molecule has 0 bridgehead atoms. The predicted octanol–water partition coefficient (Wildman–Crippen LogP) is 3.51. The SMILES string of the molecule is Brc1csc(-c2ccc3c(c2)CCO3)n1. The van der Waals surface area contributed by atoms with Crippen LogP contribution in [0.15, 0.2) is 28.2 Å². The maximum atomic E-state index is 5.47. The van der Waals surface area contributed by atoms with Crippen molar-refractivity contribution in [2.75, 3.05) is 6.61 Å². The Morgan fingerprint density at radius 1 is 1.40 bits per heavy atom. The number of aromatic nitrogens is 1. The molecule has 0 atom stereocenters. The van der Waals surface area contributed by atoms with E-state index in [1.54, 1.807) is 11.3 Å². The minimum Gasteiger partial charge on any atom is -0.493 e. The van der Waals surface area contributed by atoms with Gasteiger partial charge < -0.3 is 4.74 Å². The van der Waals surface area contributed by atoms with Gasteiger partial charge in [-0.15, -0.1) is 11.3 Å². The summed E-state index contributed by atoms with van der Waals surface area (Å²) in [5, 5.41) is 3.05. The van der Waals surface area contributed by atoms with Crippen molar-refractivity contribution in [3.05, 3.63) is 33.7 Å². The first kappa shape index (κ1) is 9.36. The van der Waals surface area contributed by atoms with Gasteiger partial charge in [-0.3, -0.25) is 0 Å². The van der Waals surface area contributed by atoms with Gasteiger partial charge in [-0.2, -0.15) is 0 Å². The van der Waals surface area contributed by atoms with Gasteiger partial charge in [0.1, 0.15) is 15.4 Å². The molecule has 4 heteroatoms. The zero-order chi connectivity index (χ0) is 10.3. The Morgan fingerprint density at radius 2 is 2.33 bits per heavy atom. The van der Waals surface area contributed by atoms with Crippen LogP contribution in [0, 0.1) is 0 Å². The molecule has 0 unspecified atom stereocenters. The van der Waals surface area contributed by atoms with Crippen molar-refractivity contribution in [3.63, 3.8) is 0 Å². The summed E-state index contributed by atoms with van der Waals surface area (Å²) in [5.74, 6) is 1.02. The predicted molar refractivity (Wildman–Crippen MR) is 64.4 cm³/mol. The molecule has 2 heterocycles. The van der Waals surface area contributed by atoms with E-state index in [9.17, 15) is 0 Å². The lowest BCUT2D eigenvalue weighted by Gasteiger charge is -2.00. The van der Waals surface area contributed by atoms with Crippen LogP contribution in [0.2, 0.25) is 0 Å². The van der Waals surface area contributed by atoms with Crippen molar-refractivity contribution < 1.29 is 4.74 Å². The largest absolute Gasteiger partial charge is 0.493 e. The summed E-state index contributed by atoms with van der Waals surface area (Å²) in [6, 6.07) is 6.27. The van der Waals surface area contributed by atoms with Crippen molar-refractivity contribution in [3.8, 4) is 16.3 Å². The standard InChI is InChI=1S/C11H8BrNOS/c12-10-6-15-11(13-10)8-1-2-9-7(5-8)3-4-14-9/h1-2,5-6H,3-4H2. The number of fused-ring (bicyclic) bond motifs is 1. The fourth-order valence-corrected chi connectivity index (χ4v) is 2.96. The maximum Gasteiger partial charge on any atom is 0.124 e. The molecule has 0 fully saturated rings. The first-order chi connectivity index (χ1) is 7.33. The van der Waals surface area contributed by atoms with Gasteiger partial charge in [-0.05, 0) is 39.7 Å². The first-order valence-electron chi connectivity index (χ1n) is 4.70. The van der Waals surface area contributed by atoms with Gasteiger partial charge in [-0.25, -0.2) is 4.98 Å². The highest BCUT2D eigenvalue weighted by Gasteiger charge is 2.13. The van der Waals surface area contributed by atoms with Crippen LogP contribution in [-0.2, 0) is 6.42 Å². The van der Waals surface area contributed by atoms with Crippen LogP contribution in [0.25, 0.3) is 10.6 Å². The lowest BCUT2D eigenvalue weighted by atomic mass is 10.1. The van der Waals surface area contributed by atoms with Gasteiger partial charge in [0.25, 0.3) is 0 Å². The van der Waals surface area contributed by atoms with Crippen LogP contribution in [-0.4, -0.2) is 11.6 Å². The van der Waals surface area contributed by atoms with Gasteiger partial charge in [-0.1, -0.05) is 0 Å². The molecule has 0 radical (unpaired) electrons. The zero-order valence-electron chi connectivity index (χ0n) is 7.87. The molecule has 0 aliphatic carbocycles. The third-order valence-electron chi connectivity index (χ3n) is 2.41. The molecule has 1 aliphatic heterocycles. The molecule has 0 spiro atoms. The van der Waals surface area contributed by atoms with E-state index in [0.29, 0.717) is 0 Å². The summed E-state index contributed by atoms with van der Waals surface area (Å²) in [4.78, 5) is 4.40. The number of halogens is 1. The minimum absolute atomic E-state index is 0.806. The van der Waals surface area contributed by atoms with Crippen LogP contribution in [0.4, 0.5) is 0 Å². The molecule has 1 aliphatic rings. The van der Waals surface area contributed by atoms with Gasteiger partial charge in [0, 0.05) is 17.4 Å². The third kappa shape index (κ3) is 1.68. The Labute approximate surface area is 100 Å². The average molecular weight is 282 g/mol. The monoisotopic (exact) mass is 281 g/mol. The van der Waals surface area contributed by atoms with Crippen molar-refractivity contribution in [2.24, 2.45) is 0 Å². The minimum atomic E-state index is 0.806. The molecule has 76 valence electrons. The van der Waals surface area contributed by atoms with E-state index < -0.39 is 0 Å². The summed E-state index contributed by atoms with van der Waals surface area (Å²) < 4.78 is 6.37. The van der Waals surface area contributed by atoms with Crippen LogP contribution >= 0.6 is 27.3 Å². The number of nitrogens with zero attached hydrogens (tertiary/aromatic N) is 1. The summed E-state index contributed by atoms with van der Waals surface area (Å²) in [6.45, 7) is 0.806. The van der Waals surface area contributed by atoms with Crippen LogP contribution in [0.5, 0.6) is 5.75 Å². The lowest BCUT2D eigenvalue weighted by molar-refractivity contribution is 0.357. The number of thiazole rings is 1.